The average molecular weight is 504 g/mol. The second kappa shape index (κ2) is 12.1. The lowest BCUT2D eigenvalue weighted by molar-refractivity contribution is -0.139. The number of nitrogens with zero attached hydrogens (tertiary/aromatic N) is 2. The van der Waals surface area contributed by atoms with E-state index in [0.29, 0.717) is 11.4 Å². The van der Waals surface area contributed by atoms with Crippen molar-refractivity contribution in [1.29, 1.82) is 0 Å². The SMILES string of the molecule is COc1ccc(CN(C(=O)CN(c2ccccc2C(C)C)S(C)(=O)=O)C(C)C(=O)NC(C)C)cc1. The molecule has 1 unspecified atom stereocenters. The Morgan fingerprint density at radius 2 is 1.57 bits per heavy atom. The van der Waals surface area contributed by atoms with Gasteiger partial charge in [-0.25, -0.2) is 8.42 Å². The summed E-state index contributed by atoms with van der Waals surface area (Å²) in [5.41, 5.74) is 2.07. The van der Waals surface area contributed by atoms with Crippen LogP contribution in [0.1, 0.15) is 51.7 Å². The fourth-order valence-electron chi connectivity index (χ4n) is 3.71. The molecule has 2 aromatic carbocycles. The van der Waals surface area contributed by atoms with Gasteiger partial charge in [0.05, 0.1) is 19.1 Å². The van der Waals surface area contributed by atoms with Crippen LogP contribution in [0.5, 0.6) is 5.75 Å². The summed E-state index contributed by atoms with van der Waals surface area (Å²) in [5.74, 6) is -0.0611. The van der Waals surface area contributed by atoms with Gasteiger partial charge in [-0.05, 0) is 56.0 Å². The van der Waals surface area contributed by atoms with E-state index in [4.69, 9.17) is 4.74 Å². The number of para-hydroxylation sites is 1. The highest BCUT2D eigenvalue weighted by Crippen LogP contribution is 2.29. The van der Waals surface area contributed by atoms with Gasteiger partial charge in [-0.1, -0.05) is 44.2 Å². The van der Waals surface area contributed by atoms with Gasteiger partial charge in [-0.3, -0.25) is 13.9 Å². The van der Waals surface area contributed by atoms with Gasteiger partial charge in [0.15, 0.2) is 0 Å². The molecule has 2 amide bonds. The van der Waals surface area contributed by atoms with Crippen LogP contribution in [-0.2, 0) is 26.2 Å². The molecule has 0 bridgehead atoms. The van der Waals surface area contributed by atoms with Crippen molar-refractivity contribution in [2.45, 2.75) is 59.2 Å². The summed E-state index contributed by atoms with van der Waals surface area (Å²) in [6.45, 7) is 8.98. The van der Waals surface area contributed by atoms with Crippen LogP contribution in [0.3, 0.4) is 0 Å². The van der Waals surface area contributed by atoms with E-state index in [0.717, 1.165) is 21.7 Å². The number of carbonyl (C=O) groups excluding carboxylic acids is 2. The number of rotatable bonds is 11. The lowest BCUT2D eigenvalue weighted by Gasteiger charge is -2.32. The third-order valence-corrected chi connectivity index (χ3v) is 6.74. The second-order valence-electron chi connectivity index (χ2n) is 9.19. The molecule has 8 nitrogen and oxygen atoms in total. The summed E-state index contributed by atoms with van der Waals surface area (Å²) in [6.07, 6.45) is 1.08. The van der Waals surface area contributed by atoms with Gasteiger partial charge in [-0.2, -0.15) is 0 Å². The Labute approximate surface area is 209 Å². The maximum Gasteiger partial charge on any atom is 0.244 e. The first-order chi connectivity index (χ1) is 16.3. The molecule has 0 heterocycles. The Morgan fingerprint density at radius 1 is 0.971 bits per heavy atom. The van der Waals surface area contributed by atoms with Crippen LogP contribution in [0.2, 0.25) is 0 Å². The number of anilines is 1. The lowest BCUT2D eigenvalue weighted by atomic mass is 10.0. The largest absolute Gasteiger partial charge is 0.497 e. The fourth-order valence-corrected chi connectivity index (χ4v) is 4.58. The molecular weight excluding hydrogens is 466 g/mol. The molecule has 0 aromatic heterocycles. The minimum absolute atomic E-state index is 0.0525. The van der Waals surface area contributed by atoms with Crippen molar-refractivity contribution in [3.05, 3.63) is 59.7 Å². The first-order valence-electron chi connectivity index (χ1n) is 11.6. The molecule has 192 valence electrons. The molecule has 2 aromatic rings. The first kappa shape index (κ1) is 28.2. The van der Waals surface area contributed by atoms with Crippen molar-refractivity contribution in [3.63, 3.8) is 0 Å². The average Bonchev–Trinajstić information content (AvgIpc) is 2.79. The molecule has 35 heavy (non-hydrogen) atoms. The topological polar surface area (TPSA) is 96.0 Å². The molecule has 0 radical (unpaired) electrons. The highest BCUT2D eigenvalue weighted by molar-refractivity contribution is 7.92. The summed E-state index contributed by atoms with van der Waals surface area (Å²) >= 11 is 0. The standard InChI is InChI=1S/C26H37N3O5S/c1-18(2)23-10-8-9-11-24(23)29(35(7,32)33)17-25(30)28(20(5)26(31)27-19(3)4)16-21-12-14-22(34-6)15-13-21/h8-15,18-20H,16-17H2,1-7H3,(H,27,31). The highest BCUT2D eigenvalue weighted by Gasteiger charge is 2.31. The molecule has 9 heteroatoms. The molecule has 0 aliphatic carbocycles. The van der Waals surface area contributed by atoms with Crippen LogP contribution in [0, 0.1) is 0 Å². The van der Waals surface area contributed by atoms with Crippen LogP contribution in [0.15, 0.2) is 48.5 Å². The van der Waals surface area contributed by atoms with E-state index in [9.17, 15) is 18.0 Å². The van der Waals surface area contributed by atoms with Crippen molar-refractivity contribution in [3.8, 4) is 5.75 Å². The molecule has 1 atom stereocenters. The van der Waals surface area contributed by atoms with Crippen molar-refractivity contribution in [2.24, 2.45) is 0 Å². The van der Waals surface area contributed by atoms with Gasteiger partial charge in [0, 0.05) is 12.6 Å². The van der Waals surface area contributed by atoms with Gasteiger partial charge < -0.3 is 15.0 Å². The van der Waals surface area contributed by atoms with Gasteiger partial charge >= 0.3 is 0 Å². The Morgan fingerprint density at radius 3 is 2.09 bits per heavy atom. The Hall–Kier alpha value is -3.07. The van der Waals surface area contributed by atoms with Crippen molar-refractivity contribution < 1.29 is 22.7 Å². The third kappa shape index (κ3) is 7.71. The quantitative estimate of drug-likeness (QED) is 0.506. The number of amides is 2. The summed E-state index contributed by atoms with van der Waals surface area (Å²) in [4.78, 5) is 27.9. The number of methoxy groups -OCH3 is 1. The lowest BCUT2D eigenvalue weighted by Crippen LogP contribution is -2.52. The molecule has 0 saturated heterocycles. The van der Waals surface area contributed by atoms with Crippen molar-refractivity contribution >= 4 is 27.5 Å². The predicted molar refractivity (Wildman–Crippen MR) is 139 cm³/mol. The van der Waals surface area contributed by atoms with Crippen LogP contribution >= 0.6 is 0 Å². The highest BCUT2D eigenvalue weighted by atomic mass is 32.2. The maximum atomic E-state index is 13.6. The predicted octanol–water partition coefficient (Wildman–Crippen LogP) is 3.53. The number of benzene rings is 2. The van der Waals surface area contributed by atoms with Gasteiger partial charge in [0.2, 0.25) is 21.8 Å². The number of nitrogens with one attached hydrogen (secondary N) is 1. The van der Waals surface area contributed by atoms with Crippen LogP contribution in [0.25, 0.3) is 0 Å². The van der Waals surface area contributed by atoms with Crippen LogP contribution in [0.4, 0.5) is 5.69 Å². The van der Waals surface area contributed by atoms with E-state index >= 15 is 0 Å². The smallest absolute Gasteiger partial charge is 0.244 e. The minimum atomic E-state index is -3.78. The maximum absolute atomic E-state index is 13.6. The molecular formula is C26H37N3O5S. The monoisotopic (exact) mass is 503 g/mol. The molecule has 0 aliphatic heterocycles. The zero-order valence-electron chi connectivity index (χ0n) is 21.6. The van der Waals surface area contributed by atoms with E-state index in [1.807, 2.05) is 52.0 Å². The molecule has 1 N–H and O–H groups in total. The summed E-state index contributed by atoms with van der Waals surface area (Å²) < 4.78 is 31.9. The molecule has 0 saturated carbocycles. The van der Waals surface area contributed by atoms with Crippen LogP contribution < -0.4 is 14.4 Å². The number of sulfonamides is 1. The Balaban J connectivity index is 2.45. The van der Waals surface area contributed by atoms with Gasteiger partial charge in [-0.15, -0.1) is 0 Å². The summed E-state index contributed by atoms with van der Waals surface area (Å²) in [7, 11) is -2.21. The third-order valence-electron chi connectivity index (χ3n) is 5.62. The van der Waals surface area contributed by atoms with E-state index in [2.05, 4.69) is 5.32 Å². The summed E-state index contributed by atoms with van der Waals surface area (Å²) in [6, 6.07) is 13.4. The minimum Gasteiger partial charge on any atom is -0.497 e. The molecule has 0 spiro atoms. The number of hydrogen-bond acceptors (Lipinski definition) is 5. The van der Waals surface area contributed by atoms with E-state index in [1.54, 1.807) is 38.3 Å². The molecule has 0 fully saturated rings. The Bertz CT molecular complexity index is 1110. The van der Waals surface area contributed by atoms with Gasteiger partial charge in [0.1, 0.15) is 18.3 Å². The van der Waals surface area contributed by atoms with Crippen LogP contribution in [-0.4, -0.2) is 57.1 Å². The summed E-state index contributed by atoms with van der Waals surface area (Å²) in [5, 5.41) is 2.84. The van der Waals surface area contributed by atoms with E-state index in [-0.39, 0.29) is 24.4 Å². The first-order valence-corrected chi connectivity index (χ1v) is 13.5. The van der Waals surface area contributed by atoms with Crippen molar-refractivity contribution in [2.75, 3.05) is 24.2 Å². The second-order valence-corrected chi connectivity index (χ2v) is 11.1. The molecule has 2 rings (SSSR count). The van der Waals surface area contributed by atoms with E-state index < -0.39 is 28.5 Å². The zero-order valence-corrected chi connectivity index (χ0v) is 22.4. The number of carbonyl (C=O) groups is 2. The molecule has 0 aliphatic rings. The Kier molecular flexibility index (Phi) is 9.71. The fraction of sp³-hybridized carbons (Fsp3) is 0.462. The zero-order chi connectivity index (χ0) is 26.3. The number of ether oxygens (including phenoxy) is 1. The van der Waals surface area contributed by atoms with E-state index in [1.165, 1.54) is 4.90 Å². The van der Waals surface area contributed by atoms with Gasteiger partial charge in [0.25, 0.3) is 0 Å². The van der Waals surface area contributed by atoms with Crippen molar-refractivity contribution in [1.82, 2.24) is 10.2 Å². The normalized spacial score (nSPS) is 12.4. The number of hydrogen-bond donors (Lipinski definition) is 1.